The predicted molar refractivity (Wildman–Crippen MR) is 109 cm³/mol. The lowest BCUT2D eigenvalue weighted by molar-refractivity contribution is -0.115. The van der Waals surface area contributed by atoms with Crippen LogP contribution in [0.15, 0.2) is 47.4 Å². The van der Waals surface area contributed by atoms with Gasteiger partial charge in [-0.25, -0.2) is 12.8 Å². The molecular weight excluding hydrogens is 395 g/mol. The number of benzene rings is 2. The van der Waals surface area contributed by atoms with Crippen LogP contribution < -0.4 is 10.1 Å². The van der Waals surface area contributed by atoms with Gasteiger partial charge in [0.15, 0.2) is 0 Å². The van der Waals surface area contributed by atoms with E-state index in [0.717, 1.165) is 19.3 Å². The molecule has 1 heterocycles. The van der Waals surface area contributed by atoms with Gasteiger partial charge in [0.1, 0.15) is 11.6 Å². The number of ether oxygens (including phenoxy) is 1. The average molecular weight is 421 g/mol. The molecule has 1 aliphatic rings. The van der Waals surface area contributed by atoms with Gasteiger partial charge in [-0.3, -0.25) is 4.79 Å². The molecule has 0 saturated carbocycles. The quantitative estimate of drug-likeness (QED) is 0.743. The highest BCUT2D eigenvalue weighted by atomic mass is 32.2. The Hall–Kier alpha value is -2.45. The van der Waals surface area contributed by atoms with Crippen LogP contribution in [-0.2, 0) is 21.2 Å². The van der Waals surface area contributed by atoms with E-state index in [1.165, 1.54) is 34.6 Å². The summed E-state index contributed by atoms with van der Waals surface area (Å²) in [6.07, 6.45) is 2.67. The van der Waals surface area contributed by atoms with Crippen molar-refractivity contribution in [2.75, 3.05) is 25.0 Å². The molecule has 8 heteroatoms. The van der Waals surface area contributed by atoms with Gasteiger partial charge in [0.05, 0.1) is 23.6 Å². The summed E-state index contributed by atoms with van der Waals surface area (Å²) in [7, 11) is -3.64. The fraction of sp³-hybridized carbons (Fsp3) is 0.381. The zero-order valence-electron chi connectivity index (χ0n) is 16.4. The maximum atomic E-state index is 13.3. The molecule has 2 aromatic carbocycles. The maximum absolute atomic E-state index is 13.3. The highest BCUT2D eigenvalue weighted by Gasteiger charge is 2.27. The Morgan fingerprint density at radius 3 is 2.59 bits per heavy atom. The predicted octanol–water partition coefficient (Wildman–Crippen LogP) is 3.58. The first-order valence-corrected chi connectivity index (χ1v) is 11.2. The van der Waals surface area contributed by atoms with Gasteiger partial charge in [-0.1, -0.05) is 18.6 Å². The first-order valence-electron chi connectivity index (χ1n) is 9.71. The van der Waals surface area contributed by atoms with Crippen LogP contribution in [-0.4, -0.2) is 38.3 Å². The van der Waals surface area contributed by atoms with E-state index in [-0.39, 0.29) is 22.9 Å². The smallest absolute Gasteiger partial charge is 0.243 e. The van der Waals surface area contributed by atoms with Crippen molar-refractivity contribution in [2.45, 2.75) is 37.5 Å². The van der Waals surface area contributed by atoms with Crippen molar-refractivity contribution in [3.8, 4) is 5.75 Å². The summed E-state index contributed by atoms with van der Waals surface area (Å²) in [5.41, 5.74) is 0.809. The highest BCUT2D eigenvalue weighted by molar-refractivity contribution is 7.89. The second kappa shape index (κ2) is 9.37. The number of carbonyl (C=O) groups is 1. The summed E-state index contributed by atoms with van der Waals surface area (Å²) in [5, 5.41) is 2.71. The Balaban J connectivity index is 1.83. The molecule has 156 valence electrons. The largest absolute Gasteiger partial charge is 0.492 e. The Morgan fingerprint density at radius 2 is 1.90 bits per heavy atom. The third-order valence-corrected chi connectivity index (χ3v) is 6.63. The summed E-state index contributed by atoms with van der Waals surface area (Å²) in [4.78, 5) is 12.6. The van der Waals surface area contributed by atoms with Gasteiger partial charge in [0.25, 0.3) is 0 Å². The fourth-order valence-corrected chi connectivity index (χ4v) is 4.87. The van der Waals surface area contributed by atoms with Crippen LogP contribution in [0.1, 0.15) is 31.7 Å². The van der Waals surface area contributed by atoms with E-state index < -0.39 is 15.8 Å². The Bertz CT molecular complexity index is 972. The van der Waals surface area contributed by atoms with E-state index in [2.05, 4.69) is 5.32 Å². The molecule has 1 N–H and O–H groups in total. The molecule has 3 rings (SSSR count). The Labute approximate surface area is 170 Å². The first-order chi connectivity index (χ1) is 13.9. The van der Waals surface area contributed by atoms with E-state index in [1.807, 2.05) is 0 Å². The number of anilines is 1. The molecule has 1 aliphatic heterocycles. The molecule has 2 aromatic rings. The van der Waals surface area contributed by atoms with Gasteiger partial charge in [-0.15, -0.1) is 0 Å². The minimum atomic E-state index is -3.64. The van der Waals surface area contributed by atoms with E-state index in [1.54, 1.807) is 19.1 Å². The maximum Gasteiger partial charge on any atom is 0.243 e. The number of hydrogen-bond acceptors (Lipinski definition) is 4. The second-order valence-corrected chi connectivity index (χ2v) is 8.85. The van der Waals surface area contributed by atoms with Gasteiger partial charge in [-0.05, 0) is 55.7 Å². The SMILES string of the molecule is CCOc1ccc(S(=O)(=O)N2CCCCC2)cc1NC(=O)Cc1cccc(F)c1. The Kier molecular flexibility index (Phi) is 6.87. The van der Waals surface area contributed by atoms with Crippen LogP contribution in [0, 0.1) is 5.82 Å². The molecule has 0 spiro atoms. The zero-order valence-corrected chi connectivity index (χ0v) is 17.2. The zero-order chi connectivity index (χ0) is 20.9. The minimum absolute atomic E-state index is 0.0353. The molecule has 29 heavy (non-hydrogen) atoms. The standard InChI is InChI=1S/C21H25FN2O4S/c1-2-28-20-10-9-18(29(26,27)24-11-4-3-5-12-24)15-19(20)23-21(25)14-16-7-6-8-17(22)13-16/h6-10,13,15H,2-5,11-12,14H2,1H3,(H,23,25). The lowest BCUT2D eigenvalue weighted by Gasteiger charge is -2.26. The second-order valence-electron chi connectivity index (χ2n) is 6.91. The topological polar surface area (TPSA) is 75.7 Å². The molecule has 1 fully saturated rings. The highest BCUT2D eigenvalue weighted by Crippen LogP contribution is 2.30. The summed E-state index contributed by atoms with van der Waals surface area (Å²) >= 11 is 0. The number of rotatable bonds is 7. The summed E-state index contributed by atoms with van der Waals surface area (Å²) < 4.78 is 46.3. The van der Waals surface area contributed by atoms with Crippen molar-refractivity contribution in [3.05, 3.63) is 53.8 Å². The lowest BCUT2D eigenvalue weighted by Crippen LogP contribution is -2.35. The number of hydrogen-bond donors (Lipinski definition) is 1. The minimum Gasteiger partial charge on any atom is -0.492 e. The molecule has 0 unspecified atom stereocenters. The molecule has 0 aliphatic carbocycles. The van der Waals surface area contributed by atoms with Gasteiger partial charge in [-0.2, -0.15) is 4.31 Å². The van der Waals surface area contributed by atoms with E-state index in [0.29, 0.717) is 31.0 Å². The summed E-state index contributed by atoms with van der Waals surface area (Å²) in [5.74, 6) is -0.415. The van der Waals surface area contributed by atoms with Crippen molar-refractivity contribution < 1.29 is 22.3 Å². The number of halogens is 1. The average Bonchev–Trinajstić information content (AvgIpc) is 2.70. The molecule has 6 nitrogen and oxygen atoms in total. The van der Waals surface area contributed by atoms with Crippen LogP contribution in [0.2, 0.25) is 0 Å². The molecule has 0 radical (unpaired) electrons. The van der Waals surface area contributed by atoms with Crippen LogP contribution in [0.3, 0.4) is 0 Å². The van der Waals surface area contributed by atoms with Crippen molar-refractivity contribution in [1.29, 1.82) is 0 Å². The molecule has 0 bridgehead atoms. The van der Waals surface area contributed by atoms with Crippen LogP contribution in [0.25, 0.3) is 0 Å². The van der Waals surface area contributed by atoms with Crippen molar-refractivity contribution in [1.82, 2.24) is 4.31 Å². The molecule has 1 saturated heterocycles. The molecule has 0 aromatic heterocycles. The van der Waals surface area contributed by atoms with Gasteiger partial charge < -0.3 is 10.1 Å². The van der Waals surface area contributed by atoms with Crippen LogP contribution in [0.4, 0.5) is 10.1 Å². The number of piperidine rings is 1. The van der Waals surface area contributed by atoms with Crippen LogP contribution in [0.5, 0.6) is 5.75 Å². The first kappa shape index (κ1) is 21.3. The van der Waals surface area contributed by atoms with Crippen molar-refractivity contribution in [3.63, 3.8) is 0 Å². The van der Waals surface area contributed by atoms with Gasteiger partial charge in [0.2, 0.25) is 15.9 Å². The normalized spacial score (nSPS) is 15.1. The Morgan fingerprint density at radius 1 is 1.14 bits per heavy atom. The van der Waals surface area contributed by atoms with Gasteiger partial charge >= 0.3 is 0 Å². The van der Waals surface area contributed by atoms with Gasteiger partial charge in [0, 0.05) is 13.1 Å². The number of nitrogens with one attached hydrogen (secondary N) is 1. The molecular formula is C21H25FN2O4S. The molecule has 0 atom stereocenters. The van der Waals surface area contributed by atoms with Crippen molar-refractivity contribution in [2.24, 2.45) is 0 Å². The summed E-state index contributed by atoms with van der Waals surface area (Å²) in [6, 6.07) is 10.3. The number of amides is 1. The third-order valence-electron chi connectivity index (χ3n) is 4.73. The summed E-state index contributed by atoms with van der Waals surface area (Å²) in [6.45, 7) is 3.16. The van der Waals surface area contributed by atoms with E-state index in [9.17, 15) is 17.6 Å². The monoisotopic (exact) mass is 420 g/mol. The third kappa shape index (κ3) is 5.33. The van der Waals surface area contributed by atoms with Crippen LogP contribution >= 0.6 is 0 Å². The number of nitrogens with zero attached hydrogens (tertiary/aromatic N) is 1. The lowest BCUT2D eigenvalue weighted by atomic mass is 10.1. The number of sulfonamides is 1. The fourth-order valence-electron chi connectivity index (χ4n) is 3.33. The van der Waals surface area contributed by atoms with E-state index in [4.69, 9.17) is 4.74 Å². The number of carbonyl (C=O) groups excluding carboxylic acids is 1. The van der Waals surface area contributed by atoms with E-state index >= 15 is 0 Å². The molecule has 1 amide bonds. The van der Waals surface area contributed by atoms with Crippen molar-refractivity contribution >= 4 is 21.6 Å².